The number of halogens is 2. The van der Waals surface area contributed by atoms with Crippen LogP contribution >= 0.6 is 0 Å². The summed E-state index contributed by atoms with van der Waals surface area (Å²) in [5.74, 6) is -1.70. The molecule has 0 aliphatic heterocycles. The lowest BCUT2D eigenvalue weighted by Crippen LogP contribution is -2.29. The third-order valence-electron chi connectivity index (χ3n) is 2.28. The van der Waals surface area contributed by atoms with Crippen molar-refractivity contribution in [3.05, 3.63) is 47.5 Å². The van der Waals surface area contributed by atoms with E-state index in [2.05, 4.69) is 11.9 Å². The molecule has 1 N–H and O–H groups in total. The smallest absolute Gasteiger partial charge is 0.224 e. The van der Waals surface area contributed by atoms with Gasteiger partial charge in [-0.3, -0.25) is 4.79 Å². The Labute approximate surface area is 111 Å². The summed E-state index contributed by atoms with van der Waals surface area (Å²) in [6.07, 6.45) is -0.118. The first kappa shape index (κ1) is 15.3. The Morgan fingerprint density at radius 1 is 1.42 bits per heavy atom. The molecule has 0 radical (unpaired) electrons. The zero-order valence-corrected chi connectivity index (χ0v) is 10.8. The lowest BCUT2D eigenvalue weighted by Gasteiger charge is -2.07. The average Bonchev–Trinajstić information content (AvgIpc) is 2.32. The van der Waals surface area contributed by atoms with Crippen LogP contribution in [0.2, 0.25) is 0 Å². The molecule has 0 saturated heterocycles. The van der Waals surface area contributed by atoms with Crippen LogP contribution in [0, 0.1) is 11.6 Å². The van der Waals surface area contributed by atoms with Crippen molar-refractivity contribution in [3.63, 3.8) is 0 Å². The molecule has 5 heteroatoms. The maximum absolute atomic E-state index is 13.3. The van der Waals surface area contributed by atoms with Crippen molar-refractivity contribution in [1.29, 1.82) is 0 Å². The number of benzene rings is 1. The van der Waals surface area contributed by atoms with Crippen LogP contribution in [0.15, 0.2) is 30.4 Å². The molecule has 0 fully saturated rings. The van der Waals surface area contributed by atoms with Crippen LogP contribution in [0.25, 0.3) is 0 Å². The first-order valence-electron chi connectivity index (χ1n) is 5.92. The molecule has 1 amide bonds. The molecule has 0 aliphatic carbocycles. The van der Waals surface area contributed by atoms with Crippen molar-refractivity contribution in [1.82, 2.24) is 5.32 Å². The molecule has 19 heavy (non-hydrogen) atoms. The Morgan fingerprint density at radius 2 is 2.16 bits per heavy atom. The van der Waals surface area contributed by atoms with Gasteiger partial charge in [0.25, 0.3) is 0 Å². The zero-order chi connectivity index (χ0) is 14.3. The summed E-state index contributed by atoms with van der Waals surface area (Å²) in [5, 5.41) is 2.59. The summed E-state index contributed by atoms with van der Waals surface area (Å²) >= 11 is 0. The van der Waals surface area contributed by atoms with E-state index in [0.29, 0.717) is 19.8 Å². The fraction of sp³-hybridized carbons (Fsp3) is 0.357. The SMILES string of the molecule is C=C(C)COCCNC(=O)Cc1ccc(F)cc1F. The quantitative estimate of drug-likeness (QED) is 0.609. The highest BCUT2D eigenvalue weighted by molar-refractivity contribution is 5.78. The van der Waals surface area contributed by atoms with Crippen LogP contribution in [0.3, 0.4) is 0 Å². The Balaban J connectivity index is 2.29. The van der Waals surface area contributed by atoms with E-state index in [1.807, 2.05) is 6.92 Å². The van der Waals surface area contributed by atoms with Gasteiger partial charge in [-0.25, -0.2) is 8.78 Å². The summed E-state index contributed by atoms with van der Waals surface area (Å²) in [7, 11) is 0. The molecule has 0 bridgehead atoms. The lowest BCUT2D eigenvalue weighted by molar-refractivity contribution is -0.120. The molecular formula is C14H17F2NO2. The van der Waals surface area contributed by atoms with Gasteiger partial charge < -0.3 is 10.1 Å². The van der Waals surface area contributed by atoms with E-state index >= 15 is 0 Å². The monoisotopic (exact) mass is 269 g/mol. The van der Waals surface area contributed by atoms with Gasteiger partial charge in [0.2, 0.25) is 5.91 Å². The van der Waals surface area contributed by atoms with Crippen LogP contribution < -0.4 is 5.32 Å². The molecule has 0 aliphatic rings. The zero-order valence-electron chi connectivity index (χ0n) is 10.8. The summed E-state index contributed by atoms with van der Waals surface area (Å²) in [6.45, 7) is 6.67. The molecule has 1 aromatic carbocycles. The topological polar surface area (TPSA) is 38.3 Å². The molecule has 1 rings (SSSR count). The van der Waals surface area contributed by atoms with Crippen molar-refractivity contribution < 1.29 is 18.3 Å². The van der Waals surface area contributed by atoms with Crippen LogP contribution in [-0.2, 0) is 16.0 Å². The molecule has 104 valence electrons. The van der Waals surface area contributed by atoms with E-state index in [4.69, 9.17) is 4.74 Å². The predicted octanol–water partition coefficient (Wildman–Crippen LogP) is 2.22. The fourth-order valence-corrected chi connectivity index (χ4v) is 1.41. The van der Waals surface area contributed by atoms with Crippen LogP contribution in [0.1, 0.15) is 12.5 Å². The van der Waals surface area contributed by atoms with Gasteiger partial charge in [0.15, 0.2) is 0 Å². The number of carbonyl (C=O) groups excluding carboxylic acids is 1. The standard InChI is InChI=1S/C14H17F2NO2/c1-10(2)9-19-6-5-17-14(18)7-11-3-4-12(15)8-13(11)16/h3-4,8H,1,5-7,9H2,2H3,(H,17,18). The molecular weight excluding hydrogens is 252 g/mol. The van der Waals surface area contributed by atoms with E-state index in [0.717, 1.165) is 17.7 Å². The number of ether oxygens (including phenoxy) is 1. The van der Waals surface area contributed by atoms with Gasteiger partial charge in [-0.05, 0) is 18.6 Å². The third kappa shape index (κ3) is 6.10. The molecule has 0 unspecified atom stereocenters. The average molecular weight is 269 g/mol. The second kappa shape index (κ2) is 7.63. The van der Waals surface area contributed by atoms with Crippen molar-refractivity contribution in [2.45, 2.75) is 13.3 Å². The molecule has 0 atom stereocenters. The largest absolute Gasteiger partial charge is 0.375 e. The summed E-state index contributed by atoms with van der Waals surface area (Å²) < 4.78 is 31.2. The highest BCUT2D eigenvalue weighted by atomic mass is 19.1. The van der Waals surface area contributed by atoms with Crippen LogP contribution in [-0.4, -0.2) is 25.7 Å². The first-order chi connectivity index (χ1) is 8.99. The summed E-state index contributed by atoms with van der Waals surface area (Å²) in [6, 6.07) is 3.15. The van der Waals surface area contributed by atoms with Gasteiger partial charge in [-0.15, -0.1) is 0 Å². The predicted molar refractivity (Wildman–Crippen MR) is 68.7 cm³/mol. The Hall–Kier alpha value is -1.75. The molecule has 3 nitrogen and oxygen atoms in total. The molecule has 0 aromatic heterocycles. The Bertz CT molecular complexity index is 461. The number of amides is 1. The first-order valence-corrected chi connectivity index (χ1v) is 5.92. The van der Waals surface area contributed by atoms with Crippen molar-refractivity contribution in [3.8, 4) is 0 Å². The summed E-state index contributed by atoms with van der Waals surface area (Å²) in [4.78, 5) is 11.5. The Kier molecular flexibility index (Phi) is 6.15. The lowest BCUT2D eigenvalue weighted by atomic mass is 10.1. The van der Waals surface area contributed by atoms with Gasteiger partial charge in [0, 0.05) is 12.6 Å². The number of rotatable bonds is 7. The molecule has 0 saturated carbocycles. The van der Waals surface area contributed by atoms with Crippen LogP contribution in [0.4, 0.5) is 8.78 Å². The van der Waals surface area contributed by atoms with Gasteiger partial charge in [-0.2, -0.15) is 0 Å². The minimum absolute atomic E-state index is 0.118. The minimum atomic E-state index is -0.714. The maximum Gasteiger partial charge on any atom is 0.224 e. The second-order valence-electron chi connectivity index (χ2n) is 4.27. The van der Waals surface area contributed by atoms with Gasteiger partial charge >= 0.3 is 0 Å². The number of carbonyl (C=O) groups is 1. The normalized spacial score (nSPS) is 10.3. The molecule has 0 spiro atoms. The third-order valence-corrected chi connectivity index (χ3v) is 2.28. The summed E-state index contributed by atoms with van der Waals surface area (Å²) in [5.41, 5.74) is 1.07. The van der Waals surface area contributed by atoms with Gasteiger partial charge in [-0.1, -0.05) is 18.2 Å². The fourth-order valence-electron chi connectivity index (χ4n) is 1.41. The van der Waals surface area contributed by atoms with E-state index in [1.165, 1.54) is 6.07 Å². The minimum Gasteiger partial charge on any atom is -0.375 e. The van der Waals surface area contributed by atoms with Crippen molar-refractivity contribution in [2.24, 2.45) is 0 Å². The van der Waals surface area contributed by atoms with E-state index in [1.54, 1.807) is 0 Å². The van der Waals surface area contributed by atoms with Crippen molar-refractivity contribution in [2.75, 3.05) is 19.8 Å². The highest BCUT2D eigenvalue weighted by Crippen LogP contribution is 2.09. The van der Waals surface area contributed by atoms with E-state index in [9.17, 15) is 13.6 Å². The Morgan fingerprint density at radius 3 is 2.79 bits per heavy atom. The maximum atomic E-state index is 13.3. The van der Waals surface area contributed by atoms with Crippen molar-refractivity contribution >= 4 is 5.91 Å². The molecule has 1 aromatic rings. The number of hydrogen-bond donors (Lipinski definition) is 1. The van der Waals surface area contributed by atoms with E-state index in [-0.39, 0.29) is 17.9 Å². The van der Waals surface area contributed by atoms with Gasteiger partial charge in [0.05, 0.1) is 19.6 Å². The highest BCUT2D eigenvalue weighted by Gasteiger charge is 2.08. The van der Waals surface area contributed by atoms with Gasteiger partial charge in [0.1, 0.15) is 11.6 Å². The molecule has 0 heterocycles. The number of nitrogens with one attached hydrogen (secondary N) is 1. The number of hydrogen-bond acceptors (Lipinski definition) is 2. The van der Waals surface area contributed by atoms with E-state index < -0.39 is 11.6 Å². The van der Waals surface area contributed by atoms with Crippen LogP contribution in [0.5, 0.6) is 0 Å². The second-order valence-corrected chi connectivity index (χ2v) is 4.27.